The third kappa shape index (κ3) is 1.95. The van der Waals surface area contributed by atoms with Crippen LogP contribution in [0.3, 0.4) is 0 Å². The Morgan fingerprint density at radius 2 is 2.42 bits per heavy atom. The summed E-state index contributed by atoms with van der Waals surface area (Å²) in [5.41, 5.74) is 0. The van der Waals surface area contributed by atoms with E-state index >= 15 is 0 Å². The molecule has 0 aliphatic carbocycles. The van der Waals surface area contributed by atoms with Crippen LogP contribution in [0.5, 0.6) is 0 Å². The summed E-state index contributed by atoms with van der Waals surface area (Å²) in [5.74, 6) is 0.0527. The van der Waals surface area contributed by atoms with Crippen molar-refractivity contribution in [3.05, 3.63) is 11.5 Å². The Morgan fingerprint density at radius 1 is 1.63 bits per heavy atom. The van der Waals surface area contributed by atoms with Crippen LogP contribution in [-0.4, -0.2) is 70.5 Å². The van der Waals surface area contributed by atoms with E-state index in [1.54, 1.807) is 18.3 Å². The number of carbonyl (C=O) groups excluding carboxylic acids is 1. The minimum atomic E-state index is -1.35. The quantitative estimate of drug-likeness (QED) is 0.692. The Bertz CT molecular complexity index is 481. The predicted molar refractivity (Wildman–Crippen MR) is 69.0 cm³/mol. The maximum atomic E-state index is 12.2. The first-order valence-corrected chi connectivity index (χ1v) is 6.79. The molecule has 1 fully saturated rings. The molecule has 3 heterocycles. The number of ether oxygens (including phenoxy) is 1. The molecule has 0 spiro atoms. The van der Waals surface area contributed by atoms with Crippen molar-refractivity contribution in [3.8, 4) is 0 Å². The fourth-order valence-electron chi connectivity index (χ4n) is 2.61. The molecule has 0 saturated carbocycles. The second-order valence-corrected chi connectivity index (χ2v) is 5.70. The van der Waals surface area contributed by atoms with Crippen molar-refractivity contribution in [2.45, 2.75) is 23.6 Å². The number of amides is 1. The average Bonchev–Trinajstić information content (AvgIpc) is 2.93. The molecule has 3 aliphatic rings. The number of aliphatic imine (C=N–C) groups is 1. The second-order valence-electron chi connectivity index (χ2n) is 4.65. The SMILES string of the molecule is CN1CC2C(OC(=O)O)N=CN2C2C=CSC2C1=O. The van der Waals surface area contributed by atoms with Gasteiger partial charge < -0.3 is 19.6 Å². The largest absolute Gasteiger partial charge is 0.507 e. The molecule has 4 atom stereocenters. The molecule has 0 bridgehead atoms. The van der Waals surface area contributed by atoms with Gasteiger partial charge in [-0.05, 0) is 5.41 Å². The summed E-state index contributed by atoms with van der Waals surface area (Å²) >= 11 is 1.48. The molecule has 0 radical (unpaired) electrons. The highest BCUT2D eigenvalue weighted by molar-refractivity contribution is 8.03. The van der Waals surface area contributed by atoms with Crippen LogP contribution in [0.4, 0.5) is 4.79 Å². The first-order chi connectivity index (χ1) is 9.08. The number of nitrogens with zero attached hydrogens (tertiary/aromatic N) is 3. The van der Waals surface area contributed by atoms with Crippen molar-refractivity contribution in [1.82, 2.24) is 9.80 Å². The highest BCUT2D eigenvalue weighted by Crippen LogP contribution is 2.35. The monoisotopic (exact) mass is 283 g/mol. The van der Waals surface area contributed by atoms with Crippen LogP contribution in [0.25, 0.3) is 0 Å². The Morgan fingerprint density at radius 3 is 3.16 bits per heavy atom. The van der Waals surface area contributed by atoms with Gasteiger partial charge >= 0.3 is 6.16 Å². The molecule has 102 valence electrons. The van der Waals surface area contributed by atoms with E-state index in [1.165, 1.54) is 11.8 Å². The van der Waals surface area contributed by atoms with Crippen LogP contribution in [-0.2, 0) is 9.53 Å². The fourth-order valence-corrected chi connectivity index (χ4v) is 3.72. The minimum Gasteiger partial charge on any atom is -0.450 e. The topological polar surface area (TPSA) is 82.4 Å². The predicted octanol–water partition coefficient (Wildman–Crippen LogP) is 0.189. The molecule has 3 rings (SSSR count). The smallest absolute Gasteiger partial charge is 0.450 e. The molecule has 0 aromatic heterocycles. The Kier molecular flexibility index (Phi) is 2.89. The molecule has 1 N–H and O–H groups in total. The van der Waals surface area contributed by atoms with Crippen molar-refractivity contribution in [2.75, 3.05) is 13.6 Å². The summed E-state index contributed by atoms with van der Waals surface area (Å²) in [6.07, 6.45) is 1.42. The Hall–Kier alpha value is -1.70. The summed E-state index contributed by atoms with van der Waals surface area (Å²) in [5, 5.41) is 10.4. The van der Waals surface area contributed by atoms with Gasteiger partial charge in [-0.1, -0.05) is 6.08 Å². The zero-order chi connectivity index (χ0) is 13.6. The van der Waals surface area contributed by atoms with Gasteiger partial charge in [-0.25, -0.2) is 9.79 Å². The maximum Gasteiger partial charge on any atom is 0.507 e. The van der Waals surface area contributed by atoms with Gasteiger partial charge in [0, 0.05) is 13.6 Å². The molecule has 3 aliphatic heterocycles. The number of hydrogen-bond acceptors (Lipinski definition) is 6. The van der Waals surface area contributed by atoms with Crippen LogP contribution in [0, 0.1) is 0 Å². The molecule has 8 heteroatoms. The number of fused-ring (bicyclic) bond motifs is 3. The summed E-state index contributed by atoms with van der Waals surface area (Å²) in [6, 6.07) is -0.345. The lowest BCUT2D eigenvalue weighted by Crippen LogP contribution is -2.47. The Balaban J connectivity index is 1.88. The first kappa shape index (κ1) is 12.3. The molecule has 4 unspecified atom stereocenters. The summed E-state index contributed by atoms with van der Waals surface area (Å²) < 4.78 is 4.78. The zero-order valence-electron chi connectivity index (χ0n) is 10.2. The van der Waals surface area contributed by atoms with E-state index in [0.29, 0.717) is 6.54 Å². The zero-order valence-corrected chi connectivity index (χ0v) is 11.0. The standard InChI is InChI=1S/C11H13N3O4S/c1-13-4-7-9(18-11(16)17)12-5-14(7)6-2-3-19-8(6)10(13)15/h2-3,5-9H,4H2,1H3,(H,16,17). The van der Waals surface area contributed by atoms with E-state index in [0.717, 1.165) is 0 Å². The van der Waals surface area contributed by atoms with Crippen molar-refractivity contribution >= 4 is 30.2 Å². The van der Waals surface area contributed by atoms with Crippen LogP contribution in [0.2, 0.25) is 0 Å². The molecule has 0 aromatic rings. The summed E-state index contributed by atoms with van der Waals surface area (Å²) in [7, 11) is 1.72. The van der Waals surface area contributed by atoms with Gasteiger partial charge in [0.05, 0.1) is 12.4 Å². The van der Waals surface area contributed by atoms with Gasteiger partial charge in [0.15, 0.2) is 0 Å². The maximum absolute atomic E-state index is 12.2. The lowest BCUT2D eigenvalue weighted by molar-refractivity contribution is -0.129. The normalized spacial score (nSPS) is 36.2. The van der Waals surface area contributed by atoms with Gasteiger partial charge in [0.2, 0.25) is 12.1 Å². The molecular weight excluding hydrogens is 270 g/mol. The highest BCUT2D eigenvalue weighted by Gasteiger charge is 2.47. The third-order valence-electron chi connectivity index (χ3n) is 3.52. The molecule has 1 saturated heterocycles. The molecule has 19 heavy (non-hydrogen) atoms. The fraction of sp³-hybridized carbons (Fsp3) is 0.545. The van der Waals surface area contributed by atoms with Crippen molar-refractivity contribution in [2.24, 2.45) is 4.99 Å². The molecule has 0 aromatic carbocycles. The van der Waals surface area contributed by atoms with Crippen molar-refractivity contribution < 1.29 is 19.4 Å². The van der Waals surface area contributed by atoms with Crippen LogP contribution >= 0.6 is 11.8 Å². The lowest BCUT2D eigenvalue weighted by atomic mass is 10.1. The third-order valence-corrected chi connectivity index (χ3v) is 4.60. The van der Waals surface area contributed by atoms with Gasteiger partial charge in [-0.2, -0.15) is 0 Å². The van der Waals surface area contributed by atoms with Crippen LogP contribution < -0.4 is 0 Å². The van der Waals surface area contributed by atoms with E-state index in [2.05, 4.69) is 4.99 Å². The molecule has 1 amide bonds. The highest BCUT2D eigenvalue weighted by atomic mass is 32.2. The molecule has 7 nitrogen and oxygen atoms in total. The van der Waals surface area contributed by atoms with E-state index in [-0.39, 0.29) is 23.2 Å². The minimum absolute atomic E-state index is 0.0527. The van der Waals surface area contributed by atoms with Gasteiger partial charge in [0.1, 0.15) is 11.3 Å². The van der Waals surface area contributed by atoms with Gasteiger partial charge in [-0.3, -0.25) is 4.79 Å². The number of carbonyl (C=O) groups is 2. The number of hydrogen-bond donors (Lipinski definition) is 1. The van der Waals surface area contributed by atoms with Gasteiger partial charge in [0.25, 0.3) is 0 Å². The van der Waals surface area contributed by atoms with Crippen molar-refractivity contribution in [1.29, 1.82) is 0 Å². The molecular formula is C11H13N3O4S. The van der Waals surface area contributed by atoms with E-state index in [1.807, 2.05) is 16.4 Å². The lowest BCUT2D eigenvalue weighted by Gasteiger charge is -2.29. The first-order valence-electron chi connectivity index (χ1n) is 5.85. The van der Waals surface area contributed by atoms with E-state index in [4.69, 9.17) is 9.84 Å². The number of thioether (sulfide) groups is 1. The Labute approximate surface area is 113 Å². The number of likely N-dealkylation sites (N-methyl/N-ethyl adjacent to an activating group) is 1. The number of rotatable bonds is 1. The van der Waals surface area contributed by atoms with Crippen LogP contribution in [0.1, 0.15) is 0 Å². The van der Waals surface area contributed by atoms with E-state index < -0.39 is 12.4 Å². The van der Waals surface area contributed by atoms with Crippen molar-refractivity contribution in [3.63, 3.8) is 0 Å². The van der Waals surface area contributed by atoms with E-state index in [9.17, 15) is 9.59 Å². The number of carboxylic acid groups (broad SMARTS) is 1. The second kappa shape index (κ2) is 4.44. The average molecular weight is 283 g/mol. The van der Waals surface area contributed by atoms with Gasteiger partial charge in [-0.15, -0.1) is 11.8 Å². The van der Waals surface area contributed by atoms with Crippen LogP contribution in [0.15, 0.2) is 16.5 Å². The summed E-state index contributed by atoms with van der Waals surface area (Å²) in [4.78, 5) is 30.5. The summed E-state index contributed by atoms with van der Waals surface area (Å²) in [6.45, 7) is 0.401.